The molecule has 4 nitrogen and oxygen atoms in total. The molecule has 118 valence electrons. The van der Waals surface area contributed by atoms with Crippen LogP contribution in [0, 0.1) is 0 Å². The van der Waals surface area contributed by atoms with Crippen molar-refractivity contribution in [1.82, 2.24) is 4.90 Å². The molecule has 0 bridgehead atoms. The summed E-state index contributed by atoms with van der Waals surface area (Å²) >= 11 is 1.61. The highest BCUT2D eigenvalue weighted by Crippen LogP contribution is 2.25. The lowest BCUT2D eigenvalue weighted by molar-refractivity contribution is 0.0745. The summed E-state index contributed by atoms with van der Waals surface area (Å²) in [5.74, 6) is -0.172. The van der Waals surface area contributed by atoms with Gasteiger partial charge in [0.25, 0.3) is 5.91 Å². The third-order valence-electron chi connectivity index (χ3n) is 3.46. The fraction of sp³-hybridized carbons (Fsp3) is 0.312. The van der Waals surface area contributed by atoms with Crippen LogP contribution in [0.4, 0.5) is 0 Å². The summed E-state index contributed by atoms with van der Waals surface area (Å²) in [5.41, 5.74) is 1.14. The number of hydrogen-bond acceptors (Lipinski definition) is 4. The van der Waals surface area contributed by atoms with Crippen LogP contribution in [0.25, 0.3) is 0 Å². The highest BCUT2D eigenvalue weighted by Gasteiger charge is 2.20. The minimum Gasteiger partial charge on any atom is -0.334 e. The van der Waals surface area contributed by atoms with E-state index >= 15 is 0 Å². The first-order valence-electron chi connectivity index (χ1n) is 6.85. The Balaban J connectivity index is 2.20. The molecule has 0 saturated heterocycles. The summed E-state index contributed by atoms with van der Waals surface area (Å²) in [6.45, 7) is 1.98. The van der Waals surface area contributed by atoms with E-state index in [-0.39, 0.29) is 17.7 Å². The molecule has 0 aliphatic rings. The molecule has 0 unspecified atom stereocenters. The number of nitrogens with zero attached hydrogens (tertiary/aromatic N) is 1. The molecule has 0 radical (unpaired) electrons. The second-order valence-electron chi connectivity index (χ2n) is 5.38. The van der Waals surface area contributed by atoms with Crippen molar-refractivity contribution in [3.05, 3.63) is 57.8 Å². The van der Waals surface area contributed by atoms with Gasteiger partial charge in [-0.2, -0.15) is 0 Å². The predicted molar refractivity (Wildman–Crippen MR) is 89.8 cm³/mol. The molecule has 2 rings (SSSR count). The Hall–Kier alpha value is -1.66. The first kappa shape index (κ1) is 16.7. The van der Waals surface area contributed by atoms with E-state index in [0.29, 0.717) is 11.1 Å². The van der Waals surface area contributed by atoms with Crippen molar-refractivity contribution in [3.63, 3.8) is 0 Å². The maximum absolute atomic E-state index is 12.6. The highest BCUT2D eigenvalue weighted by atomic mass is 32.2. The number of hydrogen-bond donors (Lipinski definition) is 0. The Morgan fingerprint density at radius 3 is 2.59 bits per heavy atom. The standard InChI is InChI=1S/C16H19NO3S2/c1-12(15-8-5-9-21-15)17(2)16(18)14-7-4-6-13(10-14)11-22(3,19)20/h4-10,12H,11H2,1-3H3/t12-/m0/s1. The number of thiophene rings is 1. The molecular formula is C16H19NO3S2. The zero-order chi connectivity index (χ0) is 16.3. The molecule has 0 N–H and O–H groups in total. The lowest BCUT2D eigenvalue weighted by Crippen LogP contribution is -2.29. The normalized spacial score (nSPS) is 12.9. The molecule has 1 amide bonds. The summed E-state index contributed by atoms with van der Waals surface area (Å²) in [6, 6.07) is 10.7. The van der Waals surface area contributed by atoms with Gasteiger partial charge in [0.05, 0.1) is 11.8 Å². The van der Waals surface area contributed by atoms with E-state index in [1.165, 1.54) is 6.26 Å². The first-order chi connectivity index (χ1) is 10.3. The van der Waals surface area contributed by atoms with Gasteiger partial charge >= 0.3 is 0 Å². The van der Waals surface area contributed by atoms with E-state index < -0.39 is 9.84 Å². The monoisotopic (exact) mass is 337 g/mol. The van der Waals surface area contributed by atoms with Crippen molar-refractivity contribution in [3.8, 4) is 0 Å². The highest BCUT2D eigenvalue weighted by molar-refractivity contribution is 7.89. The summed E-state index contributed by atoms with van der Waals surface area (Å²) < 4.78 is 22.8. The average Bonchev–Trinajstić information content (AvgIpc) is 2.97. The van der Waals surface area contributed by atoms with Crippen LogP contribution >= 0.6 is 11.3 Å². The second-order valence-corrected chi connectivity index (χ2v) is 8.50. The zero-order valence-corrected chi connectivity index (χ0v) is 14.4. The van der Waals surface area contributed by atoms with Gasteiger partial charge in [-0.15, -0.1) is 11.3 Å². The number of sulfone groups is 1. The minimum atomic E-state index is -3.11. The number of amides is 1. The molecular weight excluding hydrogens is 318 g/mol. The topological polar surface area (TPSA) is 54.5 Å². The maximum atomic E-state index is 12.6. The van der Waals surface area contributed by atoms with Gasteiger partial charge < -0.3 is 4.90 Å². The van der Waals surface area contributed by atoms with Gasteiger partial charge in [-0.3, -0.25) is 4.79 Å². The Labute approximate surface area is 135 Å². The van der Waals surface area contributed by atoms with Crippen molar-refractivity contribution >= 4 is 27.1 Å². The lowest BCUT2D eigenvalue weighted by Gasteiger charge is -2.24. The average molecular weight is 337 g/mol. The summed E-state index contributed by atoms with van der Waals surface area (Å²) in [4.78, 5) is 15.4. The fourth-order valence-corrected chi connectivity index (χ4v) is 3.81. The summed E-state index contributed by atoms with van der Waals surface area (Å²) in [6.07, 6.45) is 1.19. The van der Waals surface area contributed by atoms with Gasteiger partial charge in [0.2, 0.25) is 0 Å². The second kappa shape index (κ2) is 6.62. The van der Waals surface area contributed by atoms with E-state index in [2.05, 4.69) is 0 Å². The van der Waals surface area contributed by atoms with Crippen LogP contribution in [-0.4, -0.2) is 32.5 Å². The van der Waals surface area contributed by atoms with E-state index in [9.17, 15) is 13.2 Å². The predicted octanol–water partition coefficient (Wildman–Crippen LogP) is 3.13. The van der Waals surface area contributed by atoms with Crippen LogP contribution in [0.15, 0.2) is 41.8 Å². The Kier molecular flexibility index (Phi) is 5.03. The molecule has 1 aromatic carbocycles. The molecule has 0 saturated carbocycles. The van der Waals surface area contributed by atoms with Crippen molar-refractivity contribution in [2.75, 3.05) is 13.3 Å². The van der Waals surface area contributed by atoms with Gasteiger partial charge in [-0.25, -0.2) is 8.42 Å². The fourth-order valence-electron chi connectivity index (χ4n) is 2.20. The van der Waals surface area contributed by atoms with Crippen LogP contribution < -0.4 is 0 Å². The molecule has 1 heterocycles. The van der Waals surface area contributed by atoms with Crippen LogP contribution in [0.1, 0.15) is 33.8 Å². The third-order valence-corrected chi connectivity index (χ3v) is 5.36. The van der Waals surface area contributed by atoms with Crippen LogP contribution in [0.2, 0.25) is 0 Å². The number of carbonyl (C=O) groups is 1. The Morgan fingerprint density at radius 1 is 1.27 bits per heavy atom. The number of benzene rings is 1. The van der Waals surface area contributed by atoms with Crippen LogP contribution in [0.3, 0.4) is 0 Å². The van der Waals surface area contributed by atoms with Gasteiger partial charge in [-0.05, 0) is 36.1 Å². The summed E-state index contributed by atoms with van der Waals surface area (Å²) in [7, 11) is -1.36. The molecule has 0 spiro atoms. The molecule has 0 fully saturated rings. The Morgan fingerprint density at radius 2 is 2.00 bits per heavy atom. The molecule has 1 aromatic heterocycles. The SMILES string of the molecule is C[C@@H](c1cccs1)N(C)C(=O)c1cccc(CS(C)(=O)=O)c1. The minimum absolute atomic E-state index is 0.0222. The number of carbonyl (C=O) groups excluding carboxylic acids is 1. The number of rotatable bonds is 5. The van der Waals surface area contributed by atoms with E-state index in [1.807, 2.05) is 24.4 Å². The maximum Gasteiger partial charge on any atom is 0.254 e. The van der Waals surface area contributed by atoms with Crippen molar-refractivity contribution in [2.24, 2.45) is 0 Å². The summed E-state index contributed by atoms with van der Waals surface area (Å²) in [5, 5.41) is 1.98. The van der Waals surface area contributed by atoms with Gasteiger partial charge in [-0.1, -0.05) is 18.2 Å². The Bertz CT molecular complexity index is 751. The van der Waals surface area contributed by atoms with E-state index in [4.69, 9.17) is 0 Å². The quantitative estimate of drug-likeness (QED) is 0.842. The molecule has 0 aliphatic carbocycles. The molecule has 22 heavy (non-hydrogen) atoms. The largest absolute Gasteiger partial charge is 0.334 e. The zero-order valence-electron chi connectivity index (χ0n) is 12.8. The van der Waals surface area contributed by atoms with Gasteiger partial charge in [0.1, 0.15) is 0 Å². The van der Waals surface area contributed by atoms with Gasteiger partial charge in [0, 0.05) is 23.7 Å². The smallest absolute Gasteiger partial charge is 0.254 e. The van der Waals surface area contributed by atoms with E-state index in [1.54, 1.807) is 47.5 Å². The molecule has 1 atom stereocenters. The molecule has 6 heteroatoms. The van der Waals surface area contributed by atoms with Gasteiger partial charge in [0.15, 0.2) is 9.84 Å². The lowest BCUT2D eigenvalue weighted by atomic mass is 10.1. The first-order valence-corrected chi connectivity index (χ1v) is 9.79. The van der Waals surface area contributed by atoms with Crippen molar-refractivity contribution in [1.29, 1.82) is 0 Å². The van der Waals surface area contributed by atoms with Crippen molar-refractivity contribution in [2.45, 2.75) is 18.7 Å². The van der Waals surface area contributed by atoms with E-state index in [0.717, 1.165) is 4.88 Å². The van der Waals surface area contributed by atoms with Crippen molar-refractivity contribution < 1.29 is 13.2 Å². The third kappa shape index (κ3) is 4.18. The molecule has 0 aliphatic heterocycles. The van der Waals surface area contributed by atoms with Crippen LogP contribution in [-0.2, 0) is 15.6 Å². The van der Waals surface area contributed by atoms with Crippen LogP contribution in [0.5, 0.6) is 0 Å². The molecule has 2 aromatic rings.